The number of hydrogen-bond donors (Lipinski definition) is 3. The zero-order valence-electron chi connectivity index (χ0n) is 26.0. The predicted molar refractivity (Wildman–Crippen MR) is 190 cm³/mol. The summed E-state index contributed by atoms with van der Waals surface area (Å²) >= 11 is 12.5. The van der Waals surface area contributed by atoms with Gasteiger partial charge in [0.05, 0.1) is 45.3 Å². The molecule has 1 heterocycles. The zero-order chi connectivity index (χ0) is 33.3. The molecule has 0 aliphatic rings. The van der Waals surface area contributed by atoms with Crippen LogP contribution >= 0.6 is 23.2 Å². The molecule has 3 N–H and O–H groups in total. The number of nitrogens with one attached hydrogen (secondary N) is 3. The summed E-state index contributed by atoms with van der Waals surface area (Å²) in [6, 6.07) is 32.2. The van der Waals surface area contributed by atoms with Crippen LogP contribution in [0.3, 0.4) is 0 Å². The Kier molecular flexibility index (Phi) is 11.0. The molecule has 0 amide bonds. The molecule has 0 radical (unpaired) electrons. The molecule has 0 saturated carbocycles. The Labute approximate surface area is 282 Å². The molecule has 0 atom stereocenters. The Morgan fingerprint density at radius 2 is 1.38 bits per heavy atom. The van der Waals surface area contributed by atoms with Gasteiger partial charge in [-0.15, -0.1) is 0 Å². The SMILES string of the molecule is CCOCOC(=O)c1ccccc1Nc1c(Cl)ccc(C)c1Cl.COC(=O)c1ccccc1Nc1ccc2[nH]c3ccccc3c2c1. The number of carbonyl (C=O) groups is 2. The molecule has 8 nitrogen and oxygen atoms in total. The second-order valence-corrected chi connectivity index (χ2v) is 11.1. The third-order valence-corrected chi connectivity index (χ3v) is 8.09. The number of benzene rings is 5. The maximum absolute atomic E-state index is 12.2. The molecule has 5 aromatic carbocycles. The average molecular weight is 671 g/mol. The lowest BCUT2D eigenvalue weighted by atomic mass is 10.1. The monoisotopic (exact) mass is 669 g/mol. The molecule has 0 aliphatic heterocycles. The third-order valence-electron chi connectivity index (χ3n) is 7.29. The van der Waals surface area contributed by atoms with Gasteiger partial charge in [-0.3, -0.25) is 0 Å². The van der Waals surface area contributed by atoms with Crippen LogP contribution in [0.25, 0.3) is 21.8 Å². The van der Waals surface area contributed by atoms with Gasteiger partial charge in [-0.25, -0.2) is 9.59 Å². The van der Waals surface area contributed by atoms with E-state index in [2.05, 4.69) is 33.8 Å². The maximum Gasteiger partial charge on any atom is 0.342 e. The summed E-state index contributed by atoms with van der Waals surface area (Å²) in [5.41, 5.74) is 6.73. The fourth-order valence-corrected chi connectivity index (χ4v) is 5.36. The first-order valence-corrected chi connectivity index (χ1v) is 15.6. The summed E-state index contributed by atoms with van der Waals surface area (Å²) in [5, 5.41) is 9.74. The molecule has 10 heteroatoms. The number of methoxy groups -OCH3 is 1. The minimum absolute atomic E-state index is 0.0877. The molecule has 1 aromatic heterocycles. The first-order chi connectivity index (χ1) is 22.8. The Morgan fingerprint density at radius 3 is 2.11 bits per heavy atom. The highest BCUT2D eigenvalue weighted by Crippen LogP contribution is 2.36. The summed E-state index contributed by atoms with van der Waals surface area (Å²) in [6.45, 7) is 4.09. The van der Waals surface area contributed by atoms with Crippen LogP contribution in [0.4, 0.5) is 22.7 Å². The van der Waals surface area contributed by atoms with Gasteiger partial charge in [-0.2, -0.15) is 0 Å². The van der Waals surface area contributed by atoms with Crippen molar-refractivity contribution in [3.8, 4) is 0 Å². The molecule has 0 unspecified atom stereocenters. The molecule has 6 aromatic rings. The van der Waals surface area contributed by atoms with Crippen molar-refractivity contribution < 1.29 is 23.8 Å². The summed E-state index contributed by atoms with van der Waals surface area (Å²) in [6.07, 6.45) is 0. The normalized spacial score (nSPS) is 10.7. The van der Waals surface area contributed by atoms with E-state index in [1.54, 1.807) is 36.4 Å². The molecule has 47 heavy (non-hydrogen) atoms. The lowest BCUT2D eigenvalue weighted by Crippen LogP contribution is -2.11. The number of aryl methyl sites for hydroxylation is 1. The predicted octanol–water partition coefficient (Wildman–Crippen LogP) is 10.0. The molecule has 240 valence electrons. The number of ether oxygens (including phenoxy) is 3. The standard InChI is InChI=1S/C20H16N2O2.C17H17Cl2NO3/c1-24-20(23)15-7-3-5-9-18(15)21-13-10-11-19-16(12-13)14-6-2-4-8-17(14)22-19;1-3-22-10-23-17(21)12-6-4-5-7-14(12)20-16-13(18)9-8-11(2)15(16)19/h2-12,21-22H,1H3;4-9,20H,3,10H2,1-2H3. The fourth-order valence-electron chi connectivity index (χ4n) is 4.89. The number of halogens is 2. The van der Waals surface area contributed by atoms with Gasteiger partial charge in [0.1, 0.15) is 0 Å². The second kappa shape index (κ2) is 15.5. The van der Waals surface area contributed by atoms with Gasteiger partial charge in [0, 0.05) is 34.1 Å². The molecule has 0 fully saturated rings. The first-order valence-electron chi connectivity index (χ1n) is 14.8. The van der Waals surface area contributed by atoms with Crippen molar-refractivity contribution in [1.29, 1.82) is 0 Å². The number of carbonyl (C=O) groups excluding carboxylic acids is 2. The highest BCUT2D eigenvalue weighted by Gasteiger charge is 2.16. The Hall–Kier alpha value is -5.02. The summed E-state index contributed by atoms with van der Waals surface area (Å²) in [4.78, 5) is 27.5. The van der Waals surface area contributed by atoms with E-state index in [-0.39, 0.29) is 12.8 Å². The topological polar surface area (TPSA) is 102 Å². The van der Waals surface area contributed by atoms with Crippen LogP contribution in [-0.4, -0.2) is 37.4 Å². The van der Waals surface area contributed by atoms with Crippen molar-refractivity contribution in [3.05, 3.63) is 130 Å². The molecular formula is C37H33Cl2N3O5. The van der Waals surface area contributed by atoms with Gasteiger partial charge in [0.25, 0.3) is 0 Å². The van der Waals surface area contributed by atoms with Crippen LogP contribution in [0.15, 0.2) is 103 Å². The number of hydrogen-bond acceptors (Lipinski definition) is 7. The van der Waals surface area contributed by atoms with Crippen molar-refractivity contribution in [2.45, 2.75) is 13.8 Å². The second-order valence-electron chi connectivity index (χ2n) is 10.4. The van der Waals surface area contributed by atoms with Crippen LogP contribution in [0, 0.1) is 6.92 Å². The lowest BCUT2D eigenvalue weighted by Gasteiger charge is -2.15. The summed E-state index contributed by atoms with van der Waals surface area (Å²) < 4.78 is 14.9. The van der Waals surface area contributed by atoms with E-state index < -0.39 is 5.97 Å². The number of aromatic nitrogens is 1. The van der Waals surface area contributed by atoms with Crippen molar-refractivity contribution in [2.24, 2.45) is 0 Å². The van der Waals surface area contributed by atoms with E-state index in [4.69, 9.17) is 37.4 Å². The number of H-pyrrole nitrogens is 1. The minimum Gasteiger partial charge on any atom is -0.465 e. The van der Waals surface area contributed by atoms with Crippen molar-refractivity contribution >= 4 is 79.7 Å². The first kappa shape index (κ1) is 33.3. The van der Waals surface area contributed by atoms with Crippen molar-refractivity contribution in [3.63, 3.8) is 0 Å². The Bertz CT molecular complexity index is 2040. The lowest BCUT2D eigenvalue weighted by molar-refractivity contribution is -0.0273. The van der Waals surface area contributed by atoms with E-state index in [1.807, 2.05) is 62.4 Å². The van der Waals surface area contributed by atoms with Gasteiger partial charge in [0.15, 0.2) is 6.79 Å². The number of esters is 2. The Balaban J connectivity index is 0.000000185. The van der Waals surface area contributed by atoms with Gasteiger partial charge in [-0.05, 0) is 74.0 Å². The van der Waals surface area contributed by atoms with Gasteiger partial charge in [0.2, 0.25) is 0 Å². The molecule has 0 bridgehead atoms. The molecular weight excluding hydrogens is 637 g/mol. The molecule has 6 rings (SSSR count). The number of aromatic amines is 1. The summed E-state index contributed by atoms with van der Waals surface area (Å²) in [7, 11) is 1.39. The molecule has 0 saturated heterocycles. The highest BCUT2D eigenvalue weighted by molar-refractivity contribution is 6.39. The minimum atomic E-state index is -0.485. The summed E-state index contributed by atoms with van der Waals surface area (Å²) in [5.74, 6) is -0.840. The third kappa shape index (κ3) is 7.86. The number of fused-ring (bicyclic) bond motifs is 3. The van der Waals surface area contributed by atoms with Crippen LogP contribution in [0.1, 0.15) is 33.2 Å². The number of anilines is 4. The van der Waals surface area contributed by atoms with Crippen molar-refractivity contribution in [1.82, 2.24) is 4.98 Å². The van der Waals surface area contributed by atoms with Gasteiger partial charge >= 0.3 is 11.9 Å². The van der Waals surface area contributed by atoms with E-state index in [0.29, 0.717) is 39.2 Å². The van der Waals surface area contributed by atoms with Crippen LogP contribution in [-0.2, 0) is 14.2 Å². The fraction of sp³-hybridized carbons (Fsp3) is 0.135. The van der Waals surface area contributed by atoms with E-state index in [1.165, 1.54) is 12.5 Å². The van der Waals surface area contributed by atoms with E-state index in [0.717, 1.165) is 33.4 Å². The van der Waals surface area contributed by atoms with Crippen LogP contribution in [0.5, 0.6) is 0 Å². The Morgan fingerprint density at radius 1 is 0.745 bits per heavy atom. The number of para-hydroxylation sites is 3. The highest BCUT2D eigenvalue weighted by atomic mass is 35.5. The van der Waals surface area contributed by atoms with E-state index in [9.17, 15) is 9.59 Å². The van der Waals surface area contributed by atoms with Gasteiger partial charge < -0.3 is 29.8 Å². The van der Waals surface area contributed by atoms with Crippen LogP contribution in [0.2, 0.25) is 10.0 Å². The van der Waals surface area contributed by atoms with E-state index >= 15 is 0 Å². The smallest absolute Gasteiger partial charge is 0.342 e. The quantitative estimate of drug-likeness (QED) is 0.0800. The molecule has 0 aliphatic carbocycles. The van der Waals surface area contributed by atoms with Gasteiger partial charge in [-0.1, -0.05) is 71.7 Å². The zero-order valence-corrected chi connectivity index (χ0v) is 27.5. The number of rotatable bonds is 9. The average Bonchev–Trinajstić information content (AvgIpc) is 3.47. The molecule has 0 spiro atoms. The largest absolute Gasteiger partial charge is 0.465 e. The van der Waals surface area contributed by atoms with Crippen LogP contribution < -0.4 is 10.6 Å². The van der Waals surface area contributed by atoms with Crippen molar-refractivity contribution in [2.75, 3.05) is 31.1 Å². The maximum atomic E-state index is 12.2.